The van der Waals surface area contributed by atoms with E-state index in [-0.39, 0.29) is 24.0 Å². The molecule has 7 heteroatoms. The van der Waals surface area contributed by atoms with Crippen LogP contribution in [0, 0.1) is 5.92 Å². The fourth-order valence-electron chi connectivity index (χ4n) is 3.77. The van der Waals surface area contributed by atoms with Gasteiger partial charge in [0.15, 0.2) is 0 Å². The lowest BCUT2D eigenvalue weighted by molar-refractivity contribution is -0.0218. The molecule has 4 atom stereocenters. The van der Waals surface area contributed by atoms with Crippen molar-refractivity contribution in [2.45, 2.75) is 37.5 Å². The average molecular weight is 322 g/mol. The van der Waals surface area contributed by atoms with Crippen LogP contribution in [0.15, 0.2) is 12.3 Å². The summed E-state index contributed by atoms with van der Waals surface area (Å²) in [6, 6.07) is 1.65. The number of piperidine rings is 1. The van der Waals surface area contributed by atoms with E-state index in [0.717, 1.165) is 6.42 Å². The molecule has 0 aromatic carbocycles. The molecule has 2 saturated heterocycles. The number of carbonyl (C=O) groups is 1. The van der Waals surface area contributed by atoms with Crippen LogP contribution in [0.2, 0.25) is 0 Å². The average Bonchev–Trinajstić information content (AvgIpc) is 2.88. The zero-order chi connectivity index (χ0) is 16.6. The lowest BCUT2D eigenvalue weighted by Gasteiger charge is -2.38. The quantitative estimate of drug-likeness (QED) is 0.802. The summed E-state index contributed by atoms with van der Waals surface area (Å²) in [5, 5.41) is 18.1. The lowest BCUT2D eigenvalue weighted by atomic mass is 9.82. The maximum atomic E-state index is 12.6. The predicted molar refractivity (Wildman–Crippen MR) is 85.0 cm³/mol. The molecule has 3 heterocycles. The van der Waals surface area contributed by atoms with Gasteiger partial charge >= 0.3 is 0 Å². The van der Waals surface area contributed by atoms with Crippen molar-refractivity contribution in [3.05, 3.63) is 18.0 Å². The number of hydrogen-bond acceptors (Lipinski definition) is 5. The van der Waals surface area contributed by atoms with Crippen LogP contribution < -0.4 is 5.32 Å². The summed E-state index contributed by atoms with van der Waals surface area (Å²) < 4.78 is 7.64. The van der Waals surface area contributed by atoms with Gasteiger partial charge in [-0.1, -0.05) is 0 Å². The van der Waals surface area contributed by atoms with Crippen molar-refractivity contribution in [2.24, 2.45) is 13.0 Å². The molecule has 2 aliphatic heterocycles. The molecular formula is C16H26N4O3. The number of rotatable bonds is 2. The van der Waals surface area contributed by atoms with Gasteiger partial charge in [0, 0.05) is 32.3 Å². The molecule has 3 rings (SSSR count). The van der Waals surface area contributed by atoms with E-state index in [1.165, 1.54) is 0 Å². The Balaban J connectivity index is 1.72. The molecule has 0 radical (unpaired) electrons. The number of aryl methyl sites for hydroxylation is 1. The number of likely N-dealkylation sites (tertiary alicyclic amines) is 1. The molecule has 0 saturated carbocycles. The van der Waals surface area contributed by atoms with Crippen LogP contribution in [-0.4, -0.2) is 70.2 Å². The third-order valence-electron chi connectivity index (χ3n) is 5.14. The van der Waals surface area contributed by atoms with Crippen molar-refractivity contribution < 1.29 is 14.6 Å². The van der Waals surface area contributed by atoms with E-state index in [0.29, 0.717) is 31.8 Å². The highest BCUT2D eigenvalue weighted by Gasteiger charge is 2.43. The van der Waals surface area contributed by atoms with E-state index in [1.807, 2.05) is 18.9 Å². The second-order valence-corrected chi connectivity index (χ2v) is 6.95. The first-order chi connectivity index (χ1) is 10.9. The van der Waals surface area contributed by atoms with E-state index in [9.17, 15) is 9.90 Å². The zero-order valence-corrected chi connectivity index (χ0v) is 14.0. The third-order valence-corrected chi connectivity index (χ3v) is 5.14. The Morgan fingerprint density at radius 2 is 2.35 bits per heavy atom. The summed E-state index contributed by atoms with van der Waals surface area (Å²) in [6.07, 6.45) is 3.30. The van der Waals surface area contributed by atoms with Gasteiger partial charge in [-0.2, -0.15) is 5.10 Å². The van der Waals surface area contributed by atoms with Crippen molar-refractivity contribution in [3.63, 3.8) is 0 Å². The highest BCUT2D eigenvalue weighted by atomic mass is 16.5. The Morgan fingerprint density at radius 1 is 1.57 bits per heavy atom. The fourth-order valence-corrected chi connectivity index (χ4v) is 3.77. The van der Waals surface area contributed by atoms with Crippen LogP contribution >= 0.6 is 0 Å². The number of amides is 1. The summed E-state index contributed by atoms with van der Waals surface area (Å²) in [4.78, 5) is 14.4. The van der Waals surface area contributed by atoms with Crippen LogP contribution in [0.1, 0.15) is 30.3 Å². The molecule has 0 bridgehead atoms. The first-order valence-corrected chi connectivity index (χ1v) is 8.21. The summed E-state index contributed by atoms with van der Waals surface area (Å²) in [7, 11) is 3.64. The van der Waals surface area contributed by atoms with E-state index >= 15 is 0 Å². The number of fused-ring (bicyclic) bond motifs is 1. The van der Waals surface area contributed by atoms with Crippen molar-refractivity contribution in [1.82, 2.24) is 20.0 Å². The van der Waals surface area contributed by atoms with E-state index in [1.54, 1.807) is 24.0 Å². The minimum absolute atomic E-state index is 0.0434. The van der Waals surface area contributed by atoms with Crippen LogP contribution in [0.25, 0.3) is 0 Å². The normalized spacial score (nSPS) is 34.8. The maximum Gasteiger partial charge on any atom is 0.274 e. The van der Waals surface area contributed by atoms with Crippen molar-refractivity contribution in [2.75, 3.05) is 26.7 Å². The van der Waals surface area contributed by atoms with E-state index in [2.05, 4.69) is 10.4 Å². The number of ether oxygens (including phenoxy) is 1. The Morgan fingerprint density at radius 3 is 3.00 bits per heavy atom. The SMILES string of the molecule is CN[C@@H]1CO[C@@H]2CCN(C(=O)c3ccn(C)n3)C[C@@H]2C[C@@]1(C)O. The second kappa shape index (κ2) is 6.22. The Kier molecular flexibility index (Phi) is 4.44. The number of aromatic nitrogens is 2. The molecule has 0 unspecified atom stereocenters. The molecule has 0 spiro atoms. The molecule has 2 N–H and O–H groups in total. The molecule has 1 amide bonds. The van der Waals surface area contributed by atoms with Gasteiger partial charge in [-0.3, -0.25) is 9.48 Å². The number of nitrogens with zero attached hydrogens (tertiary/aromatic N) is 3. The summed E-state index contributed by atoms with van der Waals surface area (Å²) in [5.41, 5.74) is -0.369. The number of hydrogen-bond donors (Lipinski definition) is 2. The zero-order valence-electron chi connectivity index (χ0n) is 14.0. The van der Waals surface area contributed by atoms with E-state index < -0.39 is 5.60 Å². The smallest absolute Gasteiger partial charge is 0.274 e. The molecule has 128 valence electrons. The monoisotopic (exact) mass is 322 g/mol. The van der Waals surface area contributed by atoms with E-state index in [4.69, 9.17) is 4.74 Å². The molecule has 0 aliphatic carbocycles. The van der Waals surface area contributed by atoms with Gasteiger partial charge in [0.25, 0.3) is 5.91 Å². The molecule has 2 aliphatic rings. The van der Waals surface area contributed by atoms with Gasteiger partial charge in [0.1, 0.15) is 5.69 Å². The van der Waals surface area contributed by atoms with Crippen LogP contribution in [0.3, 0.4) is 0 Å². The first-order valence-electron chi connectivity index (χ1n) is 8.21. The topological polar surface area (TPSA) is 79.6 Å². The number of likely N-dealkylation sites (N-methyl/N-ethyl adjacent to an activating group) is 1. The molecular weight excluding hydrogens is 296 g/mol. The van der Waals surface area contributed by atoms with Crippen LogP contribution in [-0.2, 0) is 11.8 Å². The van der Waals surface area contributed by atoms with Gasteiger partial charge in [-0.05, 0) is 32.9 Å². The molecule has 7 nitrogen and oxygen atoms in total. The Hall–Kier alpha value is -1.44. The predicted octanol–water partition coefficient (Wildman–Crippen LogP) is 0.0101. The molecule has 1 aromatic rings. The maximum absolute atomic E-state index is 12.6. The number of nitrogens with one attached hydrogen (secondary N) is 1. The third kappa shape index (κ3) is 3.27. The molecule has 23 heavy (non-hydrogen) atoms. The second-order valence-electron chi connectivity index (χ2n) is 6.95. The first kappa shape index (κ1) is 16.4. The minimum Gasteiger partial charge on any atom is -0.388 e. The summed E-state index contributed by atoms with van der Waals surface area (Å²) in [6.45, 7) is 3.62. The largest absolute Gasteiger partial charge is 0.388 e. The highest BCUT2D eigenvalue weighted by Crippen LogP contribution is 2.33. The Labute approximate surface area is 136 Å². The number of carbonyl (C=O) groups excluding carboxylic acids is 1. The van der Waals surface area contributed by atoms with Gasteiger partial charge in [-0.15, -0.1) is 0 Å². The van der Waals surface area contributed by atoms with Gasteiger partial charge in [0.2, 0.25) is 0 Å². The molecule has 2 fully saturated rings. The minimum atomic E-state index is -0.842. The van der Waals surface area contributed by atoms with Gasteiger partial charge in [0.05, 0.1) is 24.4 Å². The van der Waals surface area contributed by atoms with Gasteiger partial charge in [-0.25, -0.2) is 0 Å². The highest BCUT2D eigenvalue weighted by molar-refractivity contribution is 5.92. The van der Waals surface area contributed by atoms with Crippen molar-refractivity contribution in [1.29, 1.82) is 0 Å². The molecule has 1 aromatic heterocycles. The lowest BCUT2D eigenvalue weighted by Crippen LogP contribution is -2.51. The van der Waals surface area contributed by atoms with Crippen molar-refractivity contribution in [3.8, 4) is 0 Å². The standard InChI is InChI=1S/C16H26N4O3/c1-16(22)8-11-9-20(15(21)12-4-6-19(3)18-12)7-5-13(11)23-10-14(16)17-2/h4,6,11,13-14,17,22H,5,7-10H2,1-3H3/t11-,13+,14+,16+/m0/s1. The fraction of sp³-hybridized carbons (Fsp3) is 0.750. The summed E-state index contributed by atoms with van der Waals surface area (Å²) in [5.74, 6) is 0.0999. The van der Waals surface area contributed by atoms with Gasteiger partial charge < -0.3 is 20.1 Å². The van der Waals surface area contributed by atoms with Crippen LogP contribution in [0.4, 0.5) is 0 Å². The number of aliphatic hydroxyl groups is 1. The van der Waals surface area contributed by atoms with Crippen molar-refractivity contribution >= 4 is 5.91 Å². The summed E-state index contributed by atoms with van der Waals surface area (Å²) >= 11 is 0. The Bertz CT molecular complexity index is 571. The van der Waals surface area contributed by atoms with Crippen LogP contribution in [0.5, 0.6) is 0 Å².